The number of H-pyrrole nitrogens is 1. The van der Waals surface area contributed by atoms with Crippen LogP contribution in [0.15, 0.2) is 36.8 Å². The number of nitrogens with zero attached hydrogens (tertiary/aromatic N) is 2. The van der Waals surface area contributed by atoms with Crippen LogP contribution in [0.1, 0.15) is 37.6 Å². The molecule has 0 radical (unpaired) electrons. The molecule has 0 atom stereocenters. The van der Waals surface area contributed by atoms with E-state index in [2.05, 4.69) is 25.8 Å². The van der Waals surface area contributed by atoms with E-state index >= 15 is 0 Å². The standard InChI is InChI=1S/C20H25N5O2/c1-4-21-18-15-9-13(14-10-24-25-11-14)5-6-17(15)23-12-16(18)19(26)22-8-7-20(2,3)27/h5-6,9-12,27H,4,7-8H2,1-3H3,(H,21,23)(H,22,26)(H,24,25). The van der Waals surface area contributed by atoms with Crippen molar-refractivity contribution in [1.29, 1.82) is 0 Å². The van der Waals surface area contributed by atoms with Gasteiger partial charge in [0.25, 0.3) is 5.91 Å². The summed E-state index contributed by atoms with van der Waals surface area (Å²) in [6.07, 6.45) is 5.65. The predicted octanol–water partition coefficient (Wildman–Crippen LogP) is 2.95. The third-order valence-electron chi connectivity index (χ3n) is 4.32. The smallest absolute Gasteiger partial charge is 0.254 e. The highest BCUT2D eigenvalue weighted by molar-refractivity contribution is 6.07. The van der Waals surface area contributed by atoms with Crippen molar-refractivity contribution >= 4 is 22.5 Å². The Morgan fingerprint density at radius 3 is 2.74 bits per heavy atom. The third kappa shape index (κ3) is 4.43. The molecule has 0 spiro atoms. The summed E-state index contributed by atoms with van der Waals surface area (Å²) in [5.41, 5.74) is 3.21. The summed E-state index contributed by atoms with van der Waals surface area (Å²) >= 11 is 0. The van der Waals surface area contributed by atoms with Crippen LogP contribution in [-0.4, -0.2) is 44.9 Å². The van der Waals surface area contributed by atoms with Gasteiger partial charge in [-0.2, -0.15) is 5.10 Å². The Labute approximate surface area is 158 Å². The van der Waals surface area contributed by atoms with E-state index in [-0.39, 0.29) is 5.91 Å². The molecule has 0 aliphatic rings. The number of amides is 1. The molecule has 0 saturated heterocycles. The predicted molar refractivity (Wildman–Crippen MR) is 107 cm³/mol. The van der Waals surface area contributed by atoms with Gasteiger partial charge in [-0.05, 0) is 44.9 Å². The van der Waals surface area contributed by atoms with Gasteiger partial charge in [0.1, 0.15) is 0 Å². The van der Waals surface area contributed by atoms with E-state index in [4.69, 9.17) is 0 Å². The second kappa shape index (κ2) is 7.75. The number of benzene rings is 1. The van der Waals surface area contributed by atoms with Crippen molar-refractivity contribution in [3.8, 4) is 11.1 Å². The summed E-state index contributed by atoms with van der Waals surface area (Å²) in [6, 6.07) is 5.94. The molecule has 0 unspecified atom stereocenters. The first kappa shape index (κ1) is 18.8. The molecule has 3 rings (SSSR count). The molecule has 2 aromatic heterocycles. The molecule has 7 nitrogen and oxygen atoms in total. The minimum atomic E-state index is -0.821. The van der Waals surface area contributed by atoms with Crippen LogP contribution in [0.5, 0.6) is 0 Å². The molecular weight excluding hydrogens is 342 g/mol. The number of aromatic nitrogens is 3. The number of carbonyl (C=O) groups excluding carboxylic acids is 1. The van der Waals surface area contributed by atoms with Crippen LogP contribution >= 0.6 is 0 Å². The number of nitrogens with one attached hydrogen (secondary N) is 3. The summed E-state index contributed by atoms with van der Waals surface area (Å²) in [4.78, 5) is 17.1. The average Bonchev–Trinajstić information content (AvgIpc) is 3.15. The molecule has 2 heterocycles. The van der Waals surface area contributed by atoms with Crippen molar-refractivity contribution in [3.05, 3.63) is 42.4 Å². The molecule has 4 N–H and O–H groups in total. The lowest BCUT2D eigenvalue weighted by Crippen LogP contribution is -2.31. The molecule has 0 saturated carbocycles. The maximum Gasteiger partial charge on any atom is 0.254 e. The molecule has 142 valence electrons. The van der Waals surface area contributed by atoms with Crippen LogP contribution in [0.3, 0.4) is 0 Å². The third-order valence-corrected chi connectivity index (χ3v) is 4.32. The van der Waals surface area contributed by atoms with Gasteiger partial charge in [0, 0.05) is 36.4 Å². The lowest BCUT2D eigenvalue weighted by Gasteiger charge is -2.18. The topological polar surface area (TPSA) is 103 Å². The zero-order chi connectivity index (χ0) is 19.4. The Morgan fingerprint density at radius 1 is 1.26 bits per heavy atom. The highest BCUT2D eigenvalue weighted by atomic mass is 16.3. The maximum atomic E-state index is 12.7. The van der Waals surface area contributed by atoms with Crippen LogP contribution in [-0.2, 0) is 0 Å². The van der Waals surface area contributed by atoms with Crippen LogP contribution in [0, 0.1) is 0 Å². The molecule has 7 heteroatoms. The quantitative estimate of drug-likeness (QED) is 0.514. The minimum Gasteiger partial charge on any atom is -0.390 e. The van der Waals surface area contributed by atoms with Gasteiger partial charge in [-0.15, -0.1) is 0 Å². The van der Waals surface area contributed by atoms with Gasteiger partial charge in [0.15, 0.2) is 0 Å². The molecular formula is C20H25N5O2. The van der Waals surface area contributed by atoms with Crippen LogP contribution in [0.4, 0.5) is 5.69 Å². The van der Waals surface area contributed by atoms with Crippen molar-refractivity contribution in [2.24, 2.45) is 0 Å². The second-order valence-corrected chi connectivity index (χ2v) is 7.11. The first-order valence-electron chi connectivity index (χ1n) is 9.05. The fourth-order valence-electron chi connectivity index (χ4n) is 2.90. The number of rotatable bonds is 7. The van der Waals surface area contributed by atoms with Crippen LogP contribution in [0.2, 0.25) is 0 Å². The van der Waals surface area contributed by atoms with E-state index in [1.54, 1.807) is 26.2 Å². The highest BCUT2D eigenvalue weighted by Crippen LogP contribution is 2.30. The van der Waals surface area contributed by atoms with Gasteiger partial charge in [0.2, 0.25) is 0 Å². The lowest BCUT2D eigenvalue weighted by molar-refractivity contribution is 0.0693. The van der Waals surface area contributed by atoms with E-state index in [0.717, 1.165) is 27.7 Å². The SMILES string of the molecule is CCNc1c(C(=O)NCCC(C)(C)O)cnc2ccc(-c3cn[nH]c3)cc12. The number of hydrogen-bond donors (Lipinski definition) is 4. The van der Waals surface area contributed by atoms with E-state index in [1.165, 1.54) is 0 Å². The first-order valence-corrected chi connectivity index (χ1v) is 9.05. The molecule has 0 aliphatic heterocycles. The van der Waals surface area contributed by atoms with Gasteiger partial charge in [-0.1, -0.05) is 6.07 Å². The fraction of sp³-hybridized carbons (Fsp3) is 0.350. The Bertz CT molecular complexity index is 929. The van der Waals surface area contributed by atoms with E-state index in [1.807, 2.05) is 31.3 Å². The summed E-state index contributed by atoms with van der Waals surface area (Å²) in [6.45, 7) is 6.50. The Kier molecular flexibility index (Phi) is 5.41. The zero-order valence-corrected chi connectivity index (χ0v) is 15.8. The molecule has 1 amide bonds. The monoisotopic (exact) mass is 367 g/mol. The summed E-state index contributed by atoms with van der Waals surface area (Å²) in [5.74, 6) is -0.210. The molecule has 0 fully saturated rings. The van der Waals surface area contributed by atoms with Crippen molar-refractivity contribution in [2.45, 2.75) is 32.8 Å². The van der Waals surface area contributed by atoms with Crippen molar-refractivity contribution in [1.82, 2.24) is 20.5 Å². The normalized spacial score (nSPS) is 11.6. The van der Waals surface area contributed by atoms with Crippen molar-refractivity contribution < 1.29 is 9.90 Å². The number of aliphatic hydroxyl groups is 1. The fourth-order valence-corrected chi connectivity index (χ4v) is 2.90. The van der Waals surface area contributed by atoms with E-state index < -0.39 is 5.60 Å². The second-order valence-electron chi connectivity index (χ2n) is 7.11. The molecule has 27 heavy (non-hydrogen) atoms. The number of anilines is 1. The van der Waals surface area contributed by atoms with E-state index in [9.17, 15) is 9.90 Å². The van der Waals surface area contributed by atoms with Crippen molar-refractivity contribution in [2.75, 3.05) is 18.4 Å². The Morgan fingerprint density at radius 2 is 2.07 bits per heavy atom. The number of pyridine rings is 1. The molecule has 1 aromatic carbocycles. The largest absolute Gasteiger partial charge is 0.390 e. The van der Waals surface area contributed by atoms with Crippen LogP contribution in [0.25, 0.3) is 22.0 Å². The number of aromatic amines is 1. The average molecular weight is 367 g/mol. The summed E-state index contributed by atoms with van der Waals surface area (Å²) in [7, 11) is 0. The lowest BCUT2D eigenvalue weighted by atomic mass is 10.0. The zero-order valence-electron chi connectivity index (χ0n) is 15.8. The first-order chi connectivity index (χ1) is 12.9. The molecule has 3 aromatic rings. The Hall–Kier alpha value is -2.93. The van der Waals surface area contributed by atoms with Crippen molar-refractivity contribution in [3.63, 3.8) is 0 Å². The maximum absolute atomic E-state index is 12.7. The summed E-state index contributed by atoms with van der Waals surface area (Å²) in [5, 5.41) is 23.7. The number of hydrogen-bond acceptors (Lipinski definition) is 5. The van der Waals surface area contributed by atoms with Gasteiger partial charge in [-0.3, -0.25) is 14.9 Å². The van der Waals surface area contributed by atoms with Gasteiger partial charge >= 0.3 is 0 Å². The van der Waals surface area contributed by atoms with E-state index in [0.29, 0.717) is 25.1 Å². The molecule has 0 bridgehead atoms. The number of fused-ring (bicyclic) bond motifs is 1. The minimum absolute atomic E-state index is 0.210. The summed E-state index contributed by atoms with van der Waals surface area (Å²) < 4.78 is 0. The highest BCUT2D eigenvalue weighted by Gasteiger charge is 2.17. The Balaban J connectivity index is 1.97. The van der Waals surface area contributed by atoms with Gasteiger partial charge < -0.3 is 15.7 Å². The molecule has 0 aliphatic carbocycles. The van der Waals surface area contributed by atoms with Gasteiger partial charge in [-0.25, -0.2) is 0 Å². The number of carbonyl (C=O) groups is 1. The van der Waals surface area contributed by atoms with Crippen LogP contribution < -0.4 is 10.6 Å². The van der Waals surface area contributed by atoms with Gasteiger partial charge in [0.05, 0.1) is 28.6 Å².